The maximum absolute atomic E-state index is 12.1. The summed E-state index contributed by atoms with van der Waals surface area (Å²) in [6.45, 7) is 9.37. The van der Waals surface area contributed by atoms with Crippen molar-refractivity contribution in [3.63, 3.8) is 0 Å². The van der Waals surface area contributed by atoms with Gasteiger partial charge in [0.05, 0.1) is 12.5 Å². The quantitative estimate of drug-likeness (QED) is 0.886. The van der Waals surface area contributed by atoms with Gasteiger partial charge in [-0.15, -0.1) is 0 Å². The van der Waals surface area contributed by atoms with Gasteiger partial charge in [0.25, 0.3) is 0 Å². The second-order valence-corrected chi connectivity index (χ2v) is 5.91. The van der Waals surface area contributed by atoms with Gasteiger partial charge in [0.15, 0.2) is 0 Å². The third-order valence-corrected chi connectivity index (χ3v) is 3.93. The molecule has 1 aliphatic rings. The van der Waals surface area contributed by atoms with Gasteiger partial charge in [-0.2, -0.15) is 0 Å². The molecule has 1 atom stereocenters. The lowest BCUT2D eigenvalue weighted by molar-refractivity contribution is -0.121. The molecule has 2 N–H and O–H groups in total. The summed E-state index contributed by atoms with van der Waals surface area (Å²) in [5.74, 6) is 0.0675. The molecule has 1 unspecified atom stereocenters. The number of aryl methyl sites for hydroxylation is 3. The topological polar surface area (TPSA) is 50.4 Å². The predicted molar refractivity (Wildman–Crippen MR) is 84.6 cm³/mol. The average Bonchev–Trinajstić information content (AvgIpc) is 2.69. The molecule has 21 heavy (non-hydrogen) atoms. The molecule has 4 nitrogen and oxygen atoms in total. The summed E-state index contributed by atoms with van der Waals surface area (Å²) in [4.78, 5) is 12.1. The molecule has 0 spiro atoms. The summed E-state index contributed by atoms with van der Waals surface area (Å²) < 4.78 is 5.69. The van der Waals surface area contributed by atoms with Crippen LogP contribution < -0.4 is 10.6 Å². The Balaban J connectivity index is 1.87. The van der Waals surface area contributed by atoms with E-state index in [4.69, 9.17) is 4.74 Å². The van der Waals surface area contributed by atoms with Crippen molar-refractivity contribution < 1.29 is 9.53 Å². The van der Waals surface area contributed by atoms with E-state index in [0.29, 0.717) is 13.0 Å². The van der Waals surface area contributed by atoms with Crippen LogP contribution in [0.2, 0.25) is 0 Å². The Morgan fingerprint density at radius 1 is 1.33 bits per heavy atom. The Morgan fingerprint density at radius 3 is 2.76 bits per heavy atom. The molecular weight excluding hydrogens is 264 g/mol. The number of rotatable bonds is 4. The highest BCUT2D eigenvalue weighted by Gasteiger charge is 2.14. The number of carbonyl (C=O) groups excluding carboxylic acids is 1. The number of amides is 1. The monoisotopic (exact) mass is 290 g/mol. The van der Waals surface area contributed by atoms with Crippen molar-refractivity contribution in [1.29, 1.82) is 0 Å². The van der Waals surface area contributed by atoms with Gasteiger partial charge in [0, 0.05) is 19.7 Å². The van der Waals surface area contributed by atoms with Crippen LogP contribution in [0.5, 0.6) is 0 Å². The molecule has 0 radical (unpaired) electrons. The molecule has 1 aromatic carbocycles. The third kappa shape index (κ3) is 4.83. The smallest absolute Gasteiger partial charge is 0.224 e. The molecule has 0 saturated carbocycles. The fourth-order valence-electron chi connectivity index (χ4n) is 2.84. The molecule has 0 aliphatic carbocycles. The number of hydrogen-bond donors (Lipinski definition) is 2. The van der Waals surface area contributed by atoms with Crippen molar-refractivity contribution in [3.05, 3.63) is 34.4 Å². The first kappa shape index (κ1) is 16.0. The largest absolute Gasteiger partial charge is 0.375 e. The lowest BCUT2D eigenvalue weighted by Gasteiger charge is -2.16. The minimum absolute atomic E-state index is 0.0675. The van der Waals surface area contributed by atoms with E-state index in [1.165, 1.54) is 16.7 Å². The molecule has 0 bridgehead atoms. The van der Waals surface area contributed by atoms with Crippen molar-refractivity contribution in [2.75, 3.05) is 26.2 Å². The van der Waals surface area contributed by atoms with Gasteiger partial charge < -0.3 is 15.4 Å². The minimum Gasteiger partial charge on any atom is -0.375 e. The first-order valence-corrected chi connectivity index (χ1v) is 7.72. The summed E-state index contributed by atoms with van der Waals surface area (Å²) in [6, 6.07) is 4.27. The fourth-order valence-corrected chi connectivity index (χ4v) is 2.84. The summed E-state index contributed by atoms with van der Waals surface area (Å²) in [7, 11) is 0. The number of nitrogens with one attached hydrogen (secondary N) is 2. The zero-order valence-corrected chi connectivity index (χ0v) is 13.3. The summed E-state index contributed by atoms with van der Waals surface area (Å²) >= 11 is 0. The highest BCUT2D eigenvalue weighted by molar-refractivity contribution is 5.79. The van der Waals surface area contributed by atoms with Crippen molar-refractivity contribution in [2.45, 2.75) is 39.7 Å². The molecular formula is C17H26N2O2. The number of hydrogen-bond acceptors (Lipinski definition) is 3. The van der Waals surface area contributed by atoms with Gasteiger partial charge in [-0.3, -0.25) is 4.79 Å². The average molecular weight is 290 g/mol. The molecule has 1 saturated heterocycles. The van der Waals surface area contributed by atoms with Crippen molar-refractivity contribution in [2.24, 2.45) is 0 Å². The van der Waals surface area contributed by atoms with Gasteiger partial charge >= 0.3 is 0 Å². The predicted octanol–water partition coefficient (Wildman–Crippen LogP) is 1.65. The summed E-state index contributed by atoms with van der Waals surface area (Å²) in [5, 5.41) is 6.31. The molecule has 2 rings (SSSR count). The molecule has 1 aliphatic heterocycles. The van der Waals surface area contributed by atoms with E-state index in [1.54, 1.807) is 0 Å². The summed E-state index contributed by atoms with van der Waals surface area (Å²) in [6.07, 6.45) is 1.56. The minimum atomic E-state index is 0.0675. The Kier molecular flexibility index (Phi) is 5.76. The standard InChI is InChI=1S/C17H26N2O2/c1-12-7-13(2)16(14(3)8-12)9-17(20)19-11-15-10-18-5-4-6-21-15/h7-8,15,18H,4-6,9-11H2,1-3H3,(H,19,20). The Bertz CT molecular complexity index is 469. The van der Waals surface area contributed by atoms with Crippen LogP contribution in [0.15, 0.2) is 12.1 Å². The normalized spacial score (nSPS) is 19.1. The fraction of sp³-hybridized carbons (Fsp3) is 0.588. The van der Waals surface area contributed by atoms with E-state index in [0.717, 1.165) is 31.7 Å². The highest BCUT2D eigenvalue weighted by atomic mass is 16.5. The van der Waals surface area contributed by atoms with E-state index < -0.39 is 0 Å². The van der Waals surface area contributed by atoms with E-state index in [9.17, 15) is 4.79 Å². The van der Waals surface area contributed by atoms with Gasteiger partial charge in [0.1, 0.15) is 0 Å². The van der Waals surface area contributed by atoms with E-state index in [1.807, 2.05) is 0 Å². The van der Waals surface area contributed by atoms with Crippen molar-refractivity contribution in [3.8, 4) is 0 Å². The van der Waals surface area contributed by atoms with Gasteiger partial charge in [0.2, 0.25) is 5.91 Å². The molecule has 1 aromatic rings. The van der Waals surface area contributed by atoms with Crippen LogP contribution >= 0.6 is 0 Å². The van der Waals surface area contributed by atoms with Crippen LogP contribution in [0, 0.1) is 20.8 Å². The molecule has 4 heteroatoms. The Labute approximate surface area is 127 Å². The van der Waals surface area contributed by atoms with E-state index in [2.05, 4.69) is 43.5 Å². The zero-order chi connectivity index (χ0) is 15.2. The van der Waals surface area contributed by atoms with E-state index >= 15 is 0 Å². The maximum atomic E-state index is 12.1. The van der Waals surface area contributed by atoms with Crippen LogP contribution in [0.1, 0.15) is 28.7 Å². The second kappa shape index (κ2) is 7.57. The zero-order valence-electron chi connectivity index (χ0n) is 13.3. The van der Waals surface area contributed by atoms with Crippen molar-refractivity contribution in [1.82, 2.24) is 10.6 Å². The Morgan fingerprint density at radius 2 is 2.05 bits per heavy atom. The van der Waals surface area contributed by atoms with E-state index in [-0.39, 0.29) is 12.0 Å². The number of benzene rings is 1. The van der Waals surface area contributed by atoms with Crippen LogP contribution in [-0.4, -0.2) is 38.3 Å². The first-order chi connectivity index (χ1) is 10.1. The lowest BCUT2D eigenvalue weighted by atomic mass is 9.97. The van der Waals surface area contributed by atoms with Crippen molar-refractivity contribution >= 4 is 5.91 Å². The van der Waals surface area contributed by atoms with Gasteiger partial charge in [-0.25, -0.2) is 0 Å². The number of carbonyl (C=O) groups is 1. The van der Waals surface area contributed by atoms with Gasteiger partial charge in [-0.05, 0) is 50.4 Å². The Hall–Kier alpha value is -1.39. The summed E-state index contributed by atoms with van der Waals surface area (Å²) in [5.41, 5.74) is 4.76. The lowest BCUT2D eigenvalue weighted by Crippen LogP contribution is -2.39. The highest BCUT2D eigenvalue weighted by Crippen LogP contribution is 2.16. The molecule has 0 aromatic heterocycles. The third-order valence-electron chi connectivity index (χ3n) is 3.93. The van der Waals surface area contributed by atoms with Crippen LogP contribution in [0.3, 0.4) is 0 Å². The molecule has 116 valence electrons. The molecule has 1 heterocycles. The second-order valence-electron chi connectivity index (χ2n) is 5.91. The maximum Gasteiger partial charge on any atom is 0.224 e. The molecule has 1 fully saturated rings. The van der Waals surface area contributed by atoms with Crippen LogP contribution in [0.25, 0.3) is 0 Å². The number of ether oxygens (including phenoxy) is 1. The first-order valence-electron chi connectivity index (χ1n) is 7.72. The SMILES string of the molecule is Cc1cc(C)c(CC(=O)NCC2CNCCCO2)c(C)c1. The van der Waals surface area contributed by atoms with Crippen LogP contribution in [-0.2, 0) is 16.0 Å². The molecule has 1 amide bonds. The van der Waals surface area contributed by atoms with Gasteiger partial charge in [-0.1, -0.05) is 17.7 Å². The van der Waals surface area contributed by atoms with Crippen LogP contribution in [0.4, 0.5) is 0 Å².